The van der Waals surface area contributed by atoms with Crippen LogP contribution in [0.3, 0.4) is 0 Å². The zero-order chi connectivity index (χ0) is 22.7. The summed E-state index contributed by atoms with van der Waals surface area (Å²) < 4.78 is 33.4. The van der Waals surface area contributed by atoms with Crippen LogP contribution in [-0.4, -0.2) is 46.6 Å². The molecule has 168 valence electrons. The van der Waals surface area contributed by atoms with Crippen LogP contribution >= 0.6 is 0 Å². The molecule has 3 aromatic rings. The van der Waals surface area contributed by atoms with Crippen LogP contribution < -0.4 is 10.2 Å². The van der Waals surface area contributed by atoms with E-state index in [2.05, 4.69) is 10.2 Å². The maximum Gasteiger partial charge on any atom is 0.262 e. The second-order valence-electron chi connectivity index (χ2n) is 7.72. The highest BCUT2D eigenvalue weighted by Gasteiger charge is 2.41. The maximum atomic E-state index is 13.2. The topological polar surface area (TPSA) is 125 Å². The quantitative estimate of drug-likeness (QED) is 0.387. The normalized spacial score (nSPS) is 19.4. The molecule has 3 N–H and O–H groups in total. The lowest BCUT2D eigenvalue weighted by Gasteiger charge is -2.37. The Labute approximate surface area is 186 Å². The van der Waals surface area contributed by atoms with Crippen molar-refractivity contribution >= 4 is 15.9 Å². The zero-order valence-electron chi connectivity index (χ0n) is 17.4. The Morgan fingerprint density at radius 1 is 1.12 bits per heavy atom. The molecule has 2 heterocycles. The van der Waals surface area contributed by atoms with Gasteiger partial charge in [0.2, 0.25) is 10.0 Å². The number of hydrogen-bond acceptors (Lipinski definition) is 6. The molecule has 4 rings (SSSR count). The lowest BCUT2D eigenvalue weighted by atomic mass is 9.92. The van der Waals surface area contributed by atoms with Gasteiger partial charge in [0, 0.05) is 12.7 Å². The summed E-state index contributed by atoms with van der Waals surface area (Å²) in [5.74, 6) is 0.153. The molecule has 1 unspecified atom stereocenters. The van der Waals surface area contributed by atoms with Crippen LogP contribution in [0.4, 0.5) is 0 Å². The Morgan fingerprint density at radius 3 is 2.38 bits per heavy atom. The van der Waals surface area contributed by atoms with Crippen molar-refractivity contribution < 1.29 is 23.2 Å². The number of nitrogens with zero attached hydrogens (tertiary/aromatic N) is 2. The molecule has 0 spiro atoms. The Morgan fingerprint density at radius 2 is 1.78 bits per heavy atom. The summed E-state index contributed by atoms with van der Waals surface area (Å²) in [6.45, 7) is 2.02. The van der Waals surface area contributed by atoms with E-state index in [-0.39, 0.29) is 17.4 Å². The third-order valence-corrected chi connectivity index (χ3v) is 7.49. The number of hydroxylamine groups is 1. The first-order valence-electron chi connectivity index (χ1n) is 10.2. The standard InChI is InChI=1S/C22H24N4O5S/c1-15-3-2-14-26(21(15)22(27)25-28)32(29,30)19-10-8-18(9-11-19)31-17-6-4-16(5-7-17)20-12-13-23-24-20/h4-13,15,21,28H,2-3,14H2,1H3,(H,23,24)(H,25,27)/t15-,21?/m0/s1. The van der Waals surface area contributed by atoms with Gasteiger partial charge in [0.25, 0.3) is 5.91 Å². The largest absolute Gasteiger partial charge is 0.457 e. The molecule has 1 fully saturated rings. The molecule has 1 amide bonds. The number of nitrogens with one attached hydrogen (secondary N) is 2. The summed E-state index contributed by atoms with van der Waals surface area (Å²) in [4.78, 5) is 12.2. The lowest BCUT2D eigenvalue weighted by Crippen LogP contribution is -2.54. The van der Waals surface area contributed by atoms with E-state index < -0.39 is 22.0 Å². The zero-order valence-corrected chi connectivity index (χ0v) is 18.2. The van der Waals surface area contributed by atoms with Gasteiger partial charge < -0.3 is 4.74 Å². The first-order valence-corrected chi connectivity index (χ1v) is 11.7. The molecule has 1 aromatic heterocycles. The van der Waals surface area contributed by atoms with Gasteiger partial charge in [-0.2, -0.15) is 9.40 Å². The Hall–Kier alpha value is -3.21. The smallest absolute Gasteiger partial charge is 0.262 e. The predicted octanol–water partition coefficient (Wildman–Crippen LogP) is 3.16. The van der Waals surface area contributed by atoms with E-state index >= 15 is 0 Å². The third kappa shape index (κ3) is 4.38. The van der Waals surface area contributed by atoms with E-state index in [1.54, 1.807) is 30.7 Å². The number of H-pyrrole nitrogens is 1. The number of sulfonamides is 1. The lowest BCUT2D eigenvalue weighted by molar-refractivity contribution is -0.135. The van der Waals surface area contributed by atoms with Crippen LogP contribution in [0.15, 0.2) is 65.7 Å². The summed E-state index contributed by atoms with van der Waals surface area (Å²) >= 11 is 0. The molecule has 1 saturated heterocycles. The summed E-state index contributed by atoms with van der Waals surface area (Å²) in [6.07, 6.45) is 3.03. The first-order chi connectivity index (χ1) is 15.4. The molecule has 1 aliphatic rings. The molecule has 2 aromatic carbocycles. The van der Waals surface area contributed by atoms with Crippen molar-refractivity contribution in [3.05, 3.63) is 60.8 Å². The van der Waals surface area contributed by atoms with Gasteiger partial charge >= 0.3 is 0 Å². The molecule has 9 nitrogen and oxygen atoms in total. The van der Waals surface area contributed by atoms with Crippen molar-refractivity contribution in [1.29, 1.82) is 0 Å². The SMILES string of the molecule is C[C@H]1CCCN(S(=O)(=O)c2ccc(Oc3ccc(-c4ccn[nH]4)cc3)cc2)C1C(=O)NO. The van der Waals surface area contributed by atoms with Crippen molar-refractivity contribution in [2.24, 2.45) is 5.92 Å². The van der Waals surface area contributed by atoms with Crippen LogP contribution in [-0.2, 0) is 14.8 Å². The summed E-state index contributed by atoms with van der Waals surface area (Å²) in [7, 11) is -3.92. The Balaban J connectivity index is 1.50. The second kappa shape index (κ2) is 9.11. The fraction of sp³-hybridized carbons (Fsp3) is 0.273. The minimum absolute atomic E-state index is 0.0595. The number of amides is 1. The average molecular weight is 457 g/mol. The number of ether oxygens (including phenoxy) is 1. The van der Waals surface area contributed by atoms with Crippen molar-refractivity contribution in [2.75, 3.05) is 6.54 Å². The van der Waals surface area contributed by atoms with Crippen LogP contribution in [0.2, 0.25) is 0 Å². The van der Waals surface area contributed by atoms with Crippen molar-refractivity contribution in [1.82, 2.24) is 20.0 Å². The third-order valence-electron chi connectivity index (χ3n) is 5.60. The van der Waals surface area contributed by atoms with E-state index in [9.17, 15) is 13.2 Å². The highest BCUT2D eigenvalue weighted by atomic mass is 32.2. The van der Waals surface area contributed by atoms with Crippen LogP contribution in [0.1, 0.15) is 19.8 Å². The summed E-state index contributed by atoms with van der Waals surface area (Å²) in [6, 6.07) is 14.4. The number of carbonyl (C=O) groups is 1. The van der Waals surface area contributed by atoms with Gasteiger partial charge in [-0.15, -0.1) is 0 Å². The molecule has 1 aliphatic heterocycles. The Kier molecular flexibility index (Phi) is 6.26. The number of aromatic amines is 1. The number of hydrogen-bond donors (Lipinski definition) is 3. The number of carbonyl (C=O) groups excluding carboxylic acids is 1. The molecular formula is C22H24N4O5S. The van der Waals surface area contributed by atoms with Crippen LogP contribution in [0.5, 0.6) is 11.5 Å². The highest BCUT2D eigenvalue weighted by Crippen LogP contribution is 2.31. The minimum atomic E-state index is -3.92. The number of benzene rings is 2. The van der Waals surface area contributed by atoms with Gasteiger partial charge in [0.1, 0.15) is 17.5 Å². The number of rotatable bonds is 6. The molecular weight excluding hydrogens is 432 g/mol. The molecule has 32 heavy (non-hydrogen) atoms. The second-order valence-corrected chi connectivity index (χ2v) is 9.61. The van der Waals surface area contributed by atoms with Gasteiger partial charge in [-0.25, -0.2) is 13.9 Å². The van der Waals surface area contributed by atoms with Crippen LogP contribution in [0.25, 0.3) is 11.3 Å². The maximum absolute atomic E-state index is 13.2. The van der Waals surface area contributed by atoms with Gasteiger partial charge in [-0.1, -0.05) is 6.92 Å². The number of aromatic nitrogens is 2. The fourth-order valence-corrected chi connectivity index (χ4v) is 5.67. The van der Waals surface area contributed by atoms with Gasteiger partial charge in [0.15, 0.2) is 0 Å². The van der Waals surface area contributed by atoms with E-state index in [1.807, 2.05) is 30.3 Å². The van der Waals surface area contributed by atoms with Crippen LogP contribution in [0, 0.1) is 5.92 Å². The summed E-state index contributed by atoms with van der Waals surface area (Å²) in [5.41, 5.74) is 3.46. The average Bonchev–Trinajstić information content (AvgIpc) is 3.34. The van der Waals surface area contributed by atoms with Crippen molar-refractivity contribution in [3.63, 3.8) is 0 Å². The Bertz CT molecular complexity index is 1160. The monoisotopic (exact) mass is 456 g/mol. The summed E-state index contributed by atoms with van der Waals surface area (Å²) in [5, 5.41) is 15.9. The van der Waals surface area contributed by atoms with Crippen molar-refractivity contribution in [2.45, 2.75) is 30.7 Å². The number of piperidine rings is 1. The highest BCUT2D eigenvalue weighted by molar-refractivity contribution is 7.89. The van der Waals surface area contributed by atoms with E-state index in [1.165, 1.54) is 12.1 Å². The molecule has 2 atom stereocenters. The van der Waals surface area contributed by atoms with Gasteiger partial charge in [0.05, 0.1) is 10.6 Å². The first kappa shape index (κ1) is 22.0. The molecule has 0 bridgehead atoms. The van der Waals surface area contributed by atoms with E-state index in [0.717, 1.165) is 15.6 Å². The predicted molar refractivity (Wildman–Crippen MR) is 117 cm³/mol. The molecule has 0 saturated carbocycles. The van der Waals surface area contributed by atoms with Gasteiger partial charge in [-0.3, -0.25) is 15.1 Å². The van der Waals surface area contributed by atoms with E-state index in [0.29, 0.717) is 24.3 Å². The molecule has 0 radical (unpaired) electrons. The minimum Gasteiger partial charge on any atom is -0.457 e. The van der Waals surface area contributed by atoms with Gasteiger partial charge in [-0.05, 0) is 78.9 Å². The fourth-order valence-electron chi connectivity index (χ4n) is 3.95. The van der Waals surface area contributed by atoms with E-state index in [4.69, 9.17) is 9.94 Å². The van der Waals surface area contributed by atoms with Crippen molar-refractivity contribution in [3.8, 4) is 22.8 Å². The molecule has 0 aliphatic carbocycles. The molecule has 10 heteroatoms.